The van der Waals surface area contributed by atoms with E-state index < -0.39 is 15.7 Å². The van der Waals surface area contributed by atoms with Crippen molar-refractivity contribution in [2.75, 3.05) is 17.8 Å². The van der Waals surface area contributed by atoms with E-state index in [1.54, 1.807) is 36.0 Å². The summed E-state index contributed by atoms with van der Waals surface area (Å²) >= 11 is 2.88. The molecule has 1 aromatic heterocycles. The number of carbonyl (C=O) groups is 1. The van der Waals surface area contributed by atoms with Crippen LogP contribution in [0, 0.1) is 5.82 Å². The van der Waals surface area contributed by atoms with E-state index in [1.165, 1.54) is 35.6 Å². The maximum Gasteiger partial charge on any atom is 0.249 e. The van der Waals surface area contributed by atoms with Crippen LogP contribution in [0.25, 0.3) is 10.2 Å². The summed E-state index contributed by atoms with van der Waals surface area (Å²) in [6.45, 7) is 0.626. The van der Waals surface area contributed by atoms with E-state index in [4.69, 9.17) is 0 Å². The van der Waals surface area contributed by atoms with Gasteiger partial charge in [-0.05, 0) is 36.6 Å². The van der Waals surface area contributed by atoms with Crippen LogP contribution in [0.3, 0.4) is 0 Å². The van der Waals surface area contributed by atoms with E-state index in [-0.39, 0.29) is 22.9 Å². The summed E-state index contributed by atoms with van der Waals surface area (Å²) in [6, 6.07) is 12.5. The number of aromatic nitrogens is 1. The van der Waals surface area contributed by atoms with Crippen LogP contribution in [-0.4, -0.2) is 36.7 Å². The number of thiazole rings is 1. The fraction of sp³-hybridized carbons (Fsp3) is 0.263. The number of sulfone groups is 1. The molecule has 5 nitrogen and oxygen atoms in total. The van der Waals surface area contributed by atoms with Gasteiger partial charge in [-0.2, -0.15) is 16.8 Å². The number of aryl methyl sites for hydroxylation is 1. The predicted octanol–water partition coefficient (Wildman–Crippen LogP) is 3.50. The van der Waals surface area contributed by atoms with Crippen LogP contribution in [0.15, 0.2) is 58.4 Å². The zero-order valence-corrected chi connectivity index (χ0v) is 17.6. The second-order valence-electron chi connectivity index (χ2n) is 6.03. The number of rotatable bonds is 7. The molecule has 28 heavy (non-hydrogen) atoms. The summed E-state index contributed by atoms with van der Waals surface area (Å²) < 4.78 is 40.8. The van der Waals surface area contributed by atoms with Crippen LogP contribution in [0.4, 0.5) is 4.39 Å². The molecule has 0 saturated carbocycles. The third kappa shape index (κ3) is 4.89. The first kappa shape index (κ1) is 20.8. The molecular formula is C19H19FN2O3S3. The predicted molar refractivity (Wildman–Crippen MR) is 112 cm³/mol. The lowest BCUT2D eigenvalue weighted by molar-refractivity contribution is -0.117. The SMILES string of the molecule is CSCCn1c(=NC(=O)CCS(=O)(=O)c2ccccc2)sc2cc(F)ccc21. The number of hydrogen-bond acceptors (Lipinski definition) is 5. The van der Waals surface area contributed by atoms with E-state index in [0.717, 1.165) is 11.3 Å². The molecule has 0 radical (unpaired) electrons. The molecule has 0 spiro atoms. The van der Waals surface area contributed by atoms with Gasteiger partial charge in [-0.15, -0.1) is 0 Å². The van der Waals surface area contributed by atoms with Crippen LogP contribution in [0.1, 0.15) is 6.42 Å². The smallest absolute Gasteiger partial charge is 0.249 e. The fourth-order valence-electron chi connectivity index (χ4n) is 2.66. The van der Waals surface area contributed by atoms with E-state index in [1.807, 2.05) is 10.8 Å². The minimum atomic E-state index is -3.54. The van der Waals surface area contributed by atoms with E-state index in [2.05, 4.69) is 4.99 Å². The zero-order chi connectivity index (χ0) is 20.1. The van der Waals surface area contributed by atoms with Crippen molar-refractivity contribution in [3.8, 4) is 0 Å². The van der Waals surface area contributed by atoms with Gasteiger partial charge in [0.1, 0.15) is 5.82 Å². The Morgan fingerprint density at radius 1 is 1.21 bits per heavy atom. The highest BCUT2D eigenvalue weighted by molar-refractivity contribution is 7.98. The number of benzene rings is 2. The van der Waals surface area contributed by atoms with Gasteiger partial charge in [0.2, 0.25) is 5.91 Å². The van der Waals surface area contributed by atoms with Crippen molar-refractivity contribution in [2.24, 2.45) is 4.99 Å². The van der Waals surface area contributed by atoms with E-state index in [0.29, 0.717) is 16.0 Å². The Labute approximate surface area is 170 Å². The molecule has 148 valence electrons. The number of fused-ring (bicyclic) bond motifs is 1. The molecule has 0 fully saturated rings. The Morgan fingerprint density at radius 3 is 2.68 bits per heavy atom. The Balaban J connectivity index is 1.86. The lowest BCUT2D eigenvalue weighted by Crippen LogP contribution is -2.19. The van der Waals surface area contributed by atoms with Gasteiger partial charge in [-0.1, -0.05) is 29.5 Å². The van der Waals surface area contributed by atoms with Gasteiger partial charge in [0.15, 0.2) is 14.6 Å². The summed E-state index contributed by atoms with van der Waals surface area (Å²) in [5.41, 5.74) is 0.809. The monoisotopic (exact) mass is 438 g/mol. The Kier molecular flexibility index (Phi) is 6.69. The molecule has 0 aliphatic carbocycles. The first-order valence-corrected chi connectivity index (χ1v) is 12.4. The molecule has 1 amide bonds. The van der Waals surface area contributed by atoms with Crippen molar-refractivity contribution in [1.29, 1.82) is 0 Å². The summed E-state index contributed by atoms with van der Waals surface area (Å²) in [6.07, 6.45) is 1.77. The van der Waals surface area contributed by atoms with Crippen molar-refractivity contribution in [1.82, 2.24) is 4.57 Å². The number of carbonyl (C=O) groups excluding carboxylic acids is 1. The normalized spacial score (nSPS) is 12.6. The number of thioether (sulfide) groups is 1. The molecule has 0 saturated heterocycles. The highest BCUT2D eigenvalue weighted by Gasteiger charge is 2.16. The maximum absolute atomic E-state index is 13.5. The van der Waals surface area contributed by atoms with Crippen molar-refractivity contribution in [3.63, 3.8) is 0 Å². The van der Waals surface area contributed by atoms with Gasteiger partial charge in [0.05, 0.1) is 20.9 Å². The Hall–Kier alpha value is -1.97. The van der Waals surface area contributed by atoms with E-state index >= 15 is 0 Å². The Bertz CT molecular complexity index is 1150. The number of nitrogens with zero attached hydrogens (tertiary/aromatic N) is 2. The maximum atomic E-state index is 13.5. The molecule has 9 heteroatoms. The third-order valence-corrected chi connectivity index (χ3v) is 7.44. The first-order chi connectivity index (χ1) is 13.4. The molecule has 1 heterocycles. The minimum Gasteiger partial charge on any atom is -0.316 e. The highest BCUT2D eigenvalue weighted by Crippen LogP contribution is 2.19. The lowest BCUT2D eigenvalue weighted by atomic mass is 10.3. The molecule has 0 atom stereocenters. The quantitative estimate of drug-likeness (QED) is 0.566. The van der Waals surface area contributed by atoms with Crippen molar-refractivity contribution >= 4 is 49.1 Å². The standard InChI is InChI=1S/C19H19FN2O3S3/c1-26-11-10-22-16-8-7-14(20)13-17(16)27-19(22)21-18(23)9-12-28(24,25)15-5-3-2-4-6-15/h2-8,13H,9-12H2,1H3. The largest absolute Gasteiger partial charge is 0.316 e. The second-order valence-corrected chi connectivity index (χ2v) is 10.1. The van der Waals surface area contributed by atoms with Gasteiger partial charge in [-0.3, -0.25) is 4.79 Å². The first-order valence-electron chi connectivity index (χ1n) is 8.54. The number of amides is 1. The lowest BCUT2D eigenvalue weighted by Gasteiger charge is -2.04. The van der Waals surface area contributed by atoms with Gasteiger partial charge in [0.25, 0.3) is 0 Å². The van der Waals surface area contributed by atoms with Gasteiger partial charge >= 0.3 is 0 Å². The number of hydrogen-bond donors (Lipinski definition) is 0. The van der Waals surface area contributed by atoms with Crippen molar-refractivity contribution in [3.05, 3.63) is 59.1 Å². The molecule has 0 aliphatic heterocycles. The van der Waals surface area contributed by atoms with Crippen LogP contribution < -0.4 is 4.80 Å². The van der Waals surface area contributed by atoms with E-state index in [9.17, 15) is 17.6 Å². The molecule has 0 aliphatic rings. The minimum absolute atomic E-state index is 0.190. The van der Waals surface area contributed by atoms with Crippen LogP contribution in [0.5, 0.6) is 0 Å². The zero-order valence-electron chi connectivity index (χ0n) is 15.2. The van der Waals surface area contributed by atoms with Crippen LogP contribution in [0.2, 0.25) is 0 Å². The second kappa shape index (κ2) is 9.02. The van der Waals surface area contributed by atoms with Crippen LogP contribution in [-0.2, 0) is 21.2 Å². The van der Waals surface area contributed by atoms with Gasteiger partial charge < -0.3 is 4.57 Å². The van der Waals surface area contributed by atoms with Gasteiger partial charge in [0, 0.05) is 18.7 Å². The molecule has 3 aromatic rings. The summed E-state index contributed by atoms with van der Waals surface area (Å²) in [7, 11) is -3.54. The van der Waals surface area contributed by atoms with Crippen molar-refractivity contribution in [2.45, 2.75) is 17.9 Å². The average molecular weight is 439 g/mol. The molecule has 2 aromatic carbocycles. The average Bonchev–Trinajstić information content (AvgIpc) is 3.01. The molecular weight excluding hydrogens is 419 g/mol. The third-order valence-electron chi connectivity index (χ3n) is 4.07. The molecule has 0 N–H and O–H groups in total. The number of halogens is 1. The summed E-state index contributed by atoms with van der Waals surface area (Å²) in [4.78, 5) is 17.1. The van der Waals surface area contributed by atoms with Crippen LogP contribution >= 0.6 is 23.1 Å². The fourth-order valence-corrected chi connectivity index (χ4v) is 5.38. The summed E-state index contributed by atoms with van der Waals surface area (Å²) in [5, 5.41) is 0. The molecule has 3 rings (SSSR count). The van der Waals surface area contributed by atoms with Crippen molar-refractivity contribution < 1.29 is 17.6 Å². The molecule has 0 bridgehead atoms. The summed E-state index contributed by atoms with van der Waals surface area (Å²) in [5.74, 6) is -0.349. The van der Waals surface area contributed by atoms with Gasteiger partial charge in [-0.25, -0.2) is 12.8 Å². The Morgan fingerprint density at radius 2 is 1.96 bits per heavy atom. The highest BCUT2D eigenvalue weighted by atomic mass is 32.2. The molecule has 0 unspecified atom stereocenters. The topological polar surface area (TPSA) is 68.5 Å².